The van der Waals surface area contributed by atoms with Crippen LogP contribution >= 0.6 is 0 Å². The molecule has 7 nitrogen and oxygen atoms in total. The molecule has 0 amide bonds. The van der Waals surface area contributed by atoms with E-state index in [1.54, 1.807) is 49.9 Å². The maximum absolute atomic E-state index is 11.8. The van der Waals surface area contributed by atoms with Gasteiger partial charge in [-0.2, -0.15) is 0 Å². The standard InChI is InChI=1S/C19H16N2O3.C7H7N.C2H6O/c1-12(22)21-17-16(18(23)19(17)24)15-6-4-13(5-7-15)2-3-14-8-10-20-11-9-14;1-2-7-3-5-8-6-4-7;1-2-3/h2-12,21-22H,1H3;2-6H,1H2;3H,2H2,1H3/b3-2+;;. The third-order valence-electron chi connectivity index (χ3n) is 4.58. The van der Waals surface area contributed by atoms with E-state index in [0.29, 0.717) is 11.1 Å². The quantitative estimate of drug-likeness (QED) is 0.288. The third-order valence-corrected chi connectivity index (χ3v) is 4.58. The highest BCUT2D eigenvalue weighted by Crippen LogP contribution is 2.24. The number of anilines is 1. The molecule has 0 spiro atoms. The Balaban J connectivity index is 0.000000327. The smallest absolute Gasteiger partial charge is 0.250 e. The largest absolute Gasteiger partial charge is 0.397 e. The predicted molar refractivity (Wildman–Crippen MR) is 142 cm³/mol. The maximum atomic E-state index is 11.8. The SMILES string of the molecule is C=Cc1ccncc1.CC(O)Nc1c(-c2ccc(/C=C/c3ccncc3)cc2)c(=O)c1=O.CCO. The van der Waals surface area contributed by atoms with Crippen molar-refractivity contribution in [1.29, 1.82) is 0 Å². The summed E-state index contributed by atoms with van der Waals surface area (Å²) in [5, 5.41) is 19.5. The molecule has 180 valence electrons. The first-order valence-corrected chi connectivity index (χ1v) is 11.0. The van der Waals surface area contributed by atoms with Gasteiger partial charge in [-0.3, -0.25) is 19.6 Å². The van der Waals surface area contributed by atoms with Crippen molar-refractivity contribution >= 4 is 23.9 Å². The summed E-state index contributed by atoms with van der Waals surface area (Å²) in [6.45, 7) is 7.03. The van der Waals surface area contributed by atoms with Gasteiger partial charge in [0.2, 0.25) is 10.9 Å². The number of benzene rings is 1. The summed E-state index contributed by atoms with van der Waals surface area (Å²) in [6, 6.07) is 14.9. The number of pyridine rings is 2. The van der Waals surface area contributed by atoms with Gasteiger partial charge < -0.3 is 15.5 Å². The molecule has 2 aromatic heterocycles. The summed E-state index contributed by atoms with van der Waals surface area (Å²) in [6.07, 6.45) is 11.8. The lowest BCUT2D eigenvalue weighted by Gasteiger charge is -2.15. The number of aliphatic hydroxyl groups is 2. The van der Waals surface area contributed by atoms with Crippen LogP contribution in [0.3, 0.4) is 0 Å². The molecule has 2 aromatic carbocycles. The van der Waals surface area contributed by atoms with Crippen molar-refractivity contribution < 1.29 is 10.2 Å². The second-order valence-electron chi connectivity index (χ2n) is 7.27. The molecule has 7 heteroatoms. The van der Waals surface area contributed by atoms with Crippen molar-refractivity contribution in [1.82, 2.24) is 9.97 Å². The van der Waals surface area contributed by atoms with E-state index in [0.717, 1.165) is 16.7 Å². The molecule has 0 fully saturated rings. The number of aromatic nitrogens is 2. The van der Waals surface area contributed by atoms with Crippen LogP contribution in [-0.2, 0) is 0 Å². The second-order valence-corrected chi connectivity index (χ2v) is 7.27. The van der Waals surface area contributed by atoms with Crippen molar-refractivity contribution in [2.24, 2.45) is 0 Å². The van der Waals surface area contributed by atoms with Gasteiger partial charge in [-0.25, -0.2) is 0 Å². The molecule has 4 rings (SSSR count). The highest BCUT2D eigenvalue weighted by molar-refractivity contribution is 5.82. The van der Waals surface area contributed by atoms with E-state index >= 15 is 0 Å². The molecule has 1 unspecified atom stereocenters. The highest BCUT2D eigenvalue weighted by Gasteiger charge is 2.22. The van der Waals surface area contributed by atoms with E-state index in [-0.39, 0.29) is 12.3 Å². The number of aliphatic hydroxyl groups excluding tert-OH is 2. The predicted octanol–water partition coefficient (Wildman–Crippen LogP) is 3.99. The molecule has 0 saturated carbocycles. The van der Waals surface area contributed by atoms with Gasteiger partial charge in [-0.05, 0) is 60.4 Å². The lowest BCUT2D eigenvalue weighted by atomic mass is 9.97. The van der Waals surface area contributed by atoms with Crippen molar-refractivity contribution in [2.75, 3.05) is 11.9 Å². The molecular weight excluding hydrogens is 442 g/mol. The molecule has 35 heavy (non-hydrogen) atoms. The summed E-state index contributed by atoms with van der Waals surface area (Å²) in [7, 11) is 0. The zero-order valence-corrected chi connectivity index (χ0v) is 19.8. The Morgan fingerprint density at radius 3 is 1.74 bits per heavy atom. The first-order chi connectivity index (χ1) is 16.9. The number of hydrogen-bond donors (Lipinski definition) is 3. The van der Waals surface area contributed by atoms with Gasteiger partial charge >= 0.3 is 0 Å². The van der Waals surface area contributed by atoms with Crippen molar-refractivity contribution in [3.05, 3.63) is 117 Å². The summed E-state index contributed by atoms with van der Waals surface area (Å²) in [5.41, 5.74) is 3.16. The second kappa shape index (κ2) is 14.1. The summed E-state index contributed by atoms with van der Waals surface area (Å²) in [5.74, 6) is 0. The van der Waals surface area contributed by atoms with Crippen LogP contribution in [0, 0.1) is 0 Å². The Morgan fingerprint density at radius 2 is 1.31 bits per heavy atom. The number of hydrogen-bond acceptors (Lipinski definition) is 7. The first kappa shape index (κ1) is 27.0. The Morgan fingerprint density at radius 1 is 0.857 bits per heavy atom. The van der Waals surface area contributed by atoms with Crippen molar-refractivity contribution in [3.63, 3.8) is 0 Å². The van der Waals surface area contributed by atoms with Gasteiger partial charge in [0.05, 0.1) is 5.56 Å². The number of nitrogens with zero attached hydrogens (tertiary/aromatic N) is 2. The zero-order chi connectivity index (χ0) is 25.6. The maximum Gasteiger partial charge on any atom is 0.250 e. The average molecular weight is 472 g/mol. The van der Waals surface area contributed by atoms with Crippen LogP contribution in [0.25, 0.3) is 29.4 Å². The van der Waals surface area contributed by atoms with Crippen molar-refractivity contribution in [3.8, 4) is 11.1 Å². The molecule has 3 N–H and O–H groups in total. The fourth-order valence-electron chi connectivity index (χ4n) is 2.94. The summed E-state index contributed by atoms with van der Waals surface area (Å²) >= 11 is 0. The Kier molecular flexibility index (Phi) is 10.9. The zero-order valence-electron chi connectivity index (χ0n) is 19.8. The molecule has 0 bridgehead atoms. The highest BCUT2D eigenvalue weighted by atomic mass is 16.3. The van der Waals surface area contributed by atoms with Crippen LogP contribution in [0.2, 0.25) is 0 Å². The first-order valence-electron chi connectivity index (χ1n) is 11.0. The van der Waals surface area contributed by atoms with Crippen LogP contribution < -0.4 is 16.2 Å². The van der Waals surface area contributed by atoms with E-state index < -0.39 is 17.1 Å². The van der Waals surface area contributed by atoms with Crippen molar-refractivity contribution in [2.45, 2.75) is 20.1 Å². The van der Waals surface area contributed by atoms with Gasteiger partial charge in [0.1, 0.15) is 11.9 Å². The van der Waals surface area contributed by atoms with Crippen LogP contribution in [0.4, 0.5) is 5.69 Å². The molecular formula is C28H29N3O4. The average Bonchev–Trinajstić information content (AvgIpc) is 2.89. The molecule has 2 heterocycles. The van der Waals surface area contributed by atoms with E-state index in [2.05, 4.69) is 21.9 Å². The molecule has 0 saturated heterocycles. The van der Waals surface area contributed by atoms with Gasteiger partial charge in [0, 0.05) is 31.4 Å². The molecule has 1 atom stereocenters. The van der Waals surface area contributed by atoms with Crippen LogP contribution in [0.15, 0.2) is 89.5 Å². The normalized spacial score (nSPS) is 11.1. The number of nitrogens with one attached hydrogen (secondary N) is 1. The summed E-state index contributed by atoms with van der Waals surface area (Å²) in [4.78, 5) is 31.2. The lowest BCUT2D eigenvalue weighted by Crippen LogP contribution is -2.38. The summed E-state index contributed by atoms with van der Waals surface area (Å²) < 4.78 is 0. The fraction of sp³-hybridized carbons (Fsp3) is 0.143. The Bertz CT molecular complexity index is 1280. The van der Waals surface area contributed by atoms with Gasteiger partial charge in [-0.15, -0.1) is 0 Å². The minimum atomic E-state index is -0.894. The molecule has 0 aliphatic carbocycles. The minimum Gasteiger partial charge on any atom is -0.397 e. The topological polar surface area (TPSA) is 112 Å². The van der Waals surface area contributed by atoms with E-state index in [4.69, 9.17) is 5.11 Å². The Hall–Kier alpha value is -4.20. The van der Waals surface area contributed by atoms with Crippen LogP contribution in [0.5, 0.6) is 0 Å². The van der Waals surface area contributed by atoms with Gasteiger partial charge in [0.25, 0.3) is 0 Å². The Labute approximate surface area is 204 Å². The molecule has 4 aromatic rings. The monoisotopic (exact) mass is 471 g/mol. The number of rotatable bonds is 6. The van der Waals surface area contributed by atoms with Crippen LogP contribution in [-0.4, -0.2) is 33.0 Å². The van der Waals surface area contributed by atoms with E-state index in [1.807, 2.05) is 48.6 Å². The third kappa shape index (κ3) is 8.26. The minimum absolute atomic E-state index is 0.176. The molecule has 0 aliphatic heterocycles. The molecule has 0 aliphatic rings. The van der Waals surface area contributed by atoms with E-state index in [9.17, 15) is 14.7 Å². The van der Waals surface area contributed by atoms with Crippen LogP contribution in [0.1, 0.15) is 30.5 Å². The van der Waals surface area contributed by atoms with Gasteiger partial charge in [0.15, 0.2) is 0 Å². The van der Waals surface area contributed by atoms with E-state index in [1.165, 1.54) is 6.92 Å². The molecule has 0 radical (unpaired) electrons. The lowest BCUT2D eigenvalue weighted by molar-refractivity contribution is 0.224. The van der Waals surface area contributed by atoms with Gasteiger partial charge in [-0.1, -0.05) is 49.1 Å². The fourth-order valence-corrected chi connectivity index (χ4v) is 2.94.